The monoisotopic (exact) mass is 428 g/mol. The number of carbonyl (C=O) groups is 1. The summed E-state index contributed by atoms with van der Waals surface area (Å²) in [6.45, 7) is 5.86. The molecule has 8 heteroatoms. The van der Waals surface area contributed by atoms with E-state index in [1.54, 1.807) is 29.4 Å². The summed E-state index contributed by atoms with van der Waals surface area (Å²) in [7, 11) is -3.56. The van der Waals surface area contributed by atoms with Gasteiger partial charge >= 0.3 is 0 Å². The van der Waals surface area contributed by atoms with Crippen LogP contribution in [0.15, 0.2) is 23.1 Å². The van der Waals surface area contributed by atoms with Crippen LogP contribution in [0.3, 0.4) is 0 Å². The number of amides is 1. The first kappa shape index (κ1) is 21.6. The van der Waals surface area contributed by atoms with Crippen molar-refractivity contribution in [2.45, 2.75) is 62.9 Å². The second kappa shape index (κ2) is 9.11. The lowest BCUT2D eigenvalue weighted by Crippen LogP contribution is -2.53. The van der Waals surface area contributed by atoms with Crippen LogP contribution in [-0.2, 0) is 19.6 Å². The van der Waals surface area contributed by atoms with Crippen molar-refractivity contribution in [3.05, 3.63) is 28.8 Å². The molecule has 2 aliphatic rings. The largest absolute Gasteiger partial charge is 0.381 e. The number of benzene rings is 1. The number of carbonyl (C=O) groups excluding carboxylic acids is 1. The number of rotatable bonds is 5. The van der Waals surface area contributed by atoms with Crippen molar-refractivity contribution < 1.29 is 17.9 Å². The molecule has 156 valence electrons. The fourth-order valence-electron chi connectivity index (χ4n) is 4.25. The van der Waals surface area contributed by atoms with Gasteiger partial charge in [-0.25, -0.2) is 8.42 Å². The third kappa shape index (κ3) is 4.53. The Morgan fingerprint density at radius 1 is 1.18 bits per heavy atom. The van der Waals surface area contributed by atoms with Crippen LogP contribution in [0.25, 0.3) is 0 Å². The Hall–Kier alpha value is -1.15. The highest BCUT2D eigenvalue weighted by molar-refractivity contribution is 7.89. The maximum atomic E-state index is 13.1. The summed E-state index contributed by atoms with van der Waals surface area (Å²) in [6.07, 6.45) is 3.51. The lowest BCUT2D eigenvalue weighted by Gasteiger charge is -2.43. The SMILES string of the molecule is CCC(=O)N(C1CCOCC1)C1CCN(S(=O)(=O)c2ccc(Cl)cc2C)CC1. The molecule has 0 aliphatic carbocycles. The van der Waals surface area contributed by atoms with E-state index < -0.39 is 10.0 Å². The second-order valence-electron chi connectivity index (χ2n) is 7.54. The molecule has 1 aromatic rings. The zero-order valence-electron chi connectivity index (χ0n) is 16.6. The van der Waals surface area contributed by atoms with Crippen molar-refractivity contribution in [1.82, 2.24) is 9.21 Å². The lowest BCUT2D eigenvalue weighted by atomic mass is 9.98. The smallest absolute Gasteiger partial charge is 0.243 e. The molecule has 0 radical (unpaired) electrons. The molecule has 0 aromatic heterocycles. The van der Waals surface area contributed by atoms with E-state index in [4.69, 9.17) is 16.3 Å². The molecule has 1 amide bonds. The van der Waals surface area contributed by atoms with Crippen molar-refractivity contribution in [3.8, 4) is 0 Å². The predicted molar refractivity (Wildman–Crippen MR) is 109 cm³/mol. The number of ether oxygens (including phenoxy) is 1. The molecule has 1 aromatic carbocycles. The van der Waals surface area contributed by atoms with Gasteiger partial charge < -0.3 is 9.64 Å². The average molecular weight is 429 g/mol. The molecule has 0 spiro atoms. The molecule has 3 rings (SSSR count). The van der Waals surface area contributed by atoms with Crippen molar-refractivity contribution in [2.24, 2.45) is 0 Å². The van der Waals surface area contributed by atoms with Crippen molar-refractivity contribution >= 4 is 27.5 Å². The summed E-state index contributed by atoms with van der Waals surface area (Å²) in [4.78, 5) is 15.0. The van der Waals surface area contributed by atoms with Crippen LogP contribution in [0.5, 0.6) is 0 Å². The van der Waals surface area contributed by atoms with Crippen LogP contribution in [0.2, 0.25) is 5.02 Å². The van der Waals surface area contributed by atoms with E-state index in [1.807, 2.05) is 11.8 Å². The molecule has 2 saturated heterocycles. The maximum Gasteiger partial charge on any atom is 0.243 e. The van der Waals surface area contributed by atoms with E-state index in [1.165, 1.54) is 0 Å². The summed E-state index contributed by atoms with van der Waals surface area (Å²) in [5.41, 5.74) is 0.652. The lowest BCUT2D eigenvalue weighted by molar-refractivity contribution is -0.139. The topological polar surface area (TPSA) is 66.9 Å². The van der Waals surface area contributed by atoms with Gasteiger partial charge in [0.2, 0.25) is 15.9 Å². The predicted octanol–water partition coefficient (Wildman–Crippen LogP) is 3.22. The Morgan fingerprint density at radius 3 is 2.36 bits per heavy atom. The highest BCUT2D eigenvalue weighted by Crippen LogP contribution is 2.29. The molecule has 28 heavy (non-hydrogen) atoms. The van der Waals surface area contributed by atoms with Gasteiger partial charge in [0.25, 0.3) is 0 Å². The molecule has 0 atom stereocenters. The van der Waals surface area contributed by atoms with Gasteiger partial charge in [-0.3, -0.25) is 4.79 Å². The highest BCUT2D eigenvalue weighted by atomic mass is 35.5. The number of hydrogen-bond donors (Lipinski definition) is 0. The Morgan fingerprint density at radius 2 is 1.79 bits per heavy atom. The van der Waals surface area contributed by atoms with E-state index in [0.717, 1.165) is 12.8 Å². The highest BCUT2D eigenvalue weighted by Gasteiger charge is 2.36. The van der Waals surface area contributed by atoms with Gasteiger partial charge in [-0.1, -0.05) is 18.5 Å². The fourth-order valence-corrected chi connectivity index (χ4v) is 6.16. The Bertz CT molecular complexity index is 800. The molecule has 6 nitrogen and oxygen atoms in total. The fraction of sp³-hybridized carbons (Fsp3) is 0.650. The van der Waals surface area contributed by atoms with Crippen molar-refractivity contribution in [2.75, 3.05) is 26.3 Å². The summed E-state index contributed by atoms with van der Waals surface area (Å²) in [5, 5.41) is 0.528. The van der Waals surface area contributed by atoms with E-state index in [-0.39, 0.29) is 18.0 Å². The van der Waals surface area contributed by atoms with Gasteiger partial charge in [0.15, 0.2) is 0 Å². The first-order valence-corrected chi connectivity index (χ1v) is 11.8. The van der Waals surface area contributed by atoms with E-state index >= 15 is 0 Å². The van der Waals surface area contributed by atoms with Crippen molar-refractivity contribution in [1.29, 1.82) is 0 Å². The molecule has 2 aliphatic heterocycles. The van der Waals surface area contributed by atoms with Crippen LogP contribution in [0.1, 0.15) is 44.6 Å². The van der Waals surface area contributed by atoms with Crippen LogP contribution >= 0.6 is 11.6 Å². The number of piperidine rings is 1. The molecular weight excluding hydrogens is 400 g/mol. The van der Waals surface area contributed by atoms with Crippen LogP contribution in [-0.4, -0.2) is 61.9 Å². The second-order valence-corrected chi connectivity index (χ2v) is 9.89. The summed E-state index contributed by atoms with van der Waals surface area (Å²) < 4.78 is 33.1. The molecule has 0 bridgehead atoms. The minimum atomic E-state index is -3.56. The van der Waals surface area contributed by atoms with Gasteiger partial charge in [-0.15, -0.1) is 0 Å². The molecule has 0 N–H and O–H groups in total. The summed E-state index contributed by atoms with van der Waals surface area (Å²) in [6, 6.07) is 5.16. The molecule has 2 fully saturated rings. The van der Waals surface area contributed by atoms with Gasteiger partial charge in [0.1, 0.15) is 0 Å². The quantitative estimate of drug-likeness (QED) is 0.722. The third-order valence-corrected chi connectivity index (χ3v) is 8.04. The van der Waals surface area contributed by atoms with Gasteiger partial charge in [0.05, 0.1) is 4.90 Å². The number of aryl methyl sites for hydroxylation is 1. The number of halogens is 1. The number of nitrogens with zero attached hydrogens (tertiary/aromatic N) is 2. The van der Waals surface area contributed by atoms with Gasteiger partial charge in [-0.05, 0) is 56.4 Å². The van der Waals surface area contributed by atoms with E-state index in [9.17, 15) is 13.2 Å². The zero-order valence-corrected chi connectivity index (χ0v) is 18.1. The third-order valence-electron chi connectivity index (χ3n) is 5.75. The molecule has 0 saturated carbocycles. The van der Waals surface area contributed by atoms with Crippen LogP contribution in [0.4, 0.5) is 0 Å². The van der Waals surface area contributed by atoms with E-state index in [0.29, 0.717) is 61.0 Å². The number of hydrogen-bond acceptors (Lipinski definition) is 4. The summed E-state index contributed by atoms with van der Waals surface area (Å²) in [5.74, 6) is 0.154. The Kier molecular flexibility index (Phi) is 7.02. The molecular formula is C20H29ClN2O4S. The first-order valence-electron chi connectivity index (χ1n) is 9.99. The van der Waals surface area contributed by atoms with E-state index in [2.05, 4.69) is 0 Å². The Balaban J connectivity index is 1.72. The minimum Gasteiger partial charge on any atom is -0.381 e. The average Bonchev–Trinajstić information content (AvgIpc) is 2.69. The maximum absolute atomic E-state index is 13.1. The first-order chi connectivity index (χ1) is 13.3. The Labute approximate surface area is 172 Å². The standard InChI is InChI=1S/C20H29ClN2O4S/c1-3-20(24)23(18-8-12-27-13-9-18)17-6-10-22(11-7-17)28(25,26)19-5-4-16(21)14-15(19)2/h4-5,14,17-18H,3,6-13H2,1-2H3. The normalized spacial score (nSPS) is 20.2. The van der Waals surface area contributed by atoms with Crippen LogP contribution in [0, 0.1) is 6.92 Å². The summed E-state index contributed by atoms with van der Waals surface area (Å²) >= 11 is 5.97. The zero-order chi connectivity index (χ0) is 20.3. The number of sulfonamides is 1. The molecule has 0 unspecified atom stereocenters. The van der Waals surface area contributed by atoms with Crippen LogP contribution < -0.4 is 0 Å². The van der Waals surface area contributed by atoms with Gasteiger partial charge in [0, 0.05) is 49.8 Å². The minimum absolute atomic E-state index is 0.0910. The van der Waals surface area contributed by atoms with Crippen molar-refractivity contribution in [3.63, 3.8) is 0 Å². The molecule has 2 heterocycles. The van der Waals surface area contributed by atoms with Gasteiger partial charge in [-0.2, -0.15) is 4.31 Å².